The molecule has 66 heavy (non-hydrogen) atoms. The molecule has 3 aliphatic heterocycles. The van der Waals surface area contributed by atoms with Gasteiger partial charge in [-0.05, 0) is 104 Å². The van der Waals surface area contributed by atoms with E-state index in [0.29, 0.717) is 12.3 Å². The van der Waals surface area contributed by atoms with Crippen molar-refractivity contribution >= 4 is 5.97 Å². The quantitative estimate of drug-likeness (QED) is 0.112. The molecule has 0 amide bonds. The van der Waals surface area contributed by atoms with E-state index in [1.54, 1.807) is 0 Å². The fourth-order valence-corrected chi connectivity index (χ4v) is 15.1. The second-order valence-corrected chi connectivity index (χ2v) is 23.6. The van der Waals surface area contributed by atoms with Gasteiger partial charge in [0.2, 0.25) is 0 Å². The van der Waals surface area contributed by atoms with Gasteiger partial charge in [0.15, 0.2) is 25.0 Å². The van der Waals surface area contributed by atoms with Gasteiger partial charge in [0.1, 0.15) is 61.0 Å². The molecule has 3 saturated heterocycles. The molecule has 8 rings (SSSR count). The summed E-state index contributed by atoms with van der Waals surface area (Å²) < 4.78 is 34.9. The van der Waals surface area contributed by atoms with Crippen LogP contribution in [0.5, 0.6) is 0 Å². The maximum Gasteiger partial charge on any atom is 0.335 e. The second kappa shape index (κ2) is 17.7. The standard InChI is InChI=1S/C48H78O18/c1-21-29(52)30(53)33(56)40(61-21)64-36-24(19-49)62-41(34(57)31(36)54)65-37-32(55)35(58)42(66-38(37)39(59)60)63-28-12-13-45(5)25(46(28,6)20-50)11-14-48(8)26(45)10-9-22-23-17-43(2,3)18-27(51)44(23,4)15-16-47(22,48)7/h9,21,23-38,40-42,49-58H,10-20H2,1-8H3,(H,59,60). The Kier molecular flexibility index (Phi) is 13.7. The monoisotopic (exact) mass is 943 g/mol. The Bertz CT molecular complexity index is 1810. The highest BCUT2D eigenvalue weighted by molar-refractivity contribution is 5.73. The van der Waals surface area contributed by atoms with Gasteiger partial charge in [0, 0.05) is 10.8 Å². The minimum absolute atomic E-state index is 0.0247. The maximum atomic E-state index is 12.8. The van der Waals surface area contributed by atoms with Crippen molar-refractivity contribution in [1.29, 1.82) is 0 Å². The smallest absolute Gasteiger partial charge is 0.335 e. The molecule has 4 saturated carbocycles. The van der Waals surface area contributed by atoms with Gasteiger partial charge < -0.3 is 84.6 Å². The van der Waals surface area contributed by atoms with E-state index in [4.69, 9.17) is 28.4 Å². The first-order valence-corrected chi connectivity index (χ1v) is 24.3. The fourth-order valence-electron chi connectivity index (χ4n) is 15.1. The van der Waals surface area contributed by atoms with Crippen molar-refractivity contribution in [2.24, 2.45) is 50.2 Å². The van der Waals surface area contributed by atoms with Crippen molar-refractivity contribution < 1.29 is 89.4 Å². The minimum Gasteiger partial charge on any atom is -0.479 e. The minimum atomic E-state index is -2.02. The number of aliphatic hydroxyl groups is 10. The van der Waals surface area contributed by atoms with Gasteiger partial charge in [-0.3, -0.25) is 0 Å². The lowest BCUT2D eigenvalue weighted by atomic mass is 9.33. The van der Waals surface area contributed by atoms with E-state index in [0.717, 1.165) is 51.4 Å². The van der Waals surface area contributed by atoms with Crippen LogP contribution in [0, 0.1) is 50.2 Å². The van der Waals surface area contributed by atoms with Crippen molar-refractivity contribution in [3.8, 4) is 0 Å². The van der Waals surface area contributed by atoms with E-state index in [2.05, 4.69) is 47.6 Å². The number of carboxylic acid groups (broad SMARTS) is 1. The van der Waals surface area contributed by atoms with E-state index in [9.17, 15) is 61.0 Å². The Morgan fingerprint density at radius 3 is 1.91 bits per heavy atom. The molecule has 0 spiro atoms. The summed E-state index contributed by atoms with van der Waals surface area (Å²) in [6.45, 7) is 16.4. The molecule has 0 radical (unpaired) electrons. The normalized spacial score (nSPS) is 55.9. The third-order valence-electron chi connectivity index (χ3n) is 19.5. The molecular weight excluding hydrogens is 865 g/mol. The lowest BCUT2D eigenvalue weighted by Gasteiger charge is -2.72. The van der Waals surface area contributed by atoms with Gasteiger partial charge in [-0.1, -0.05) is 60.1 Å². The predicted molar refractivity (Wildman–Crippen MR) is 231 cm³/mol. The number of carbonyl (C=O) groups is 1. The Hall–Kier alpha value is -1.43. The summed E-state index contributed by atoms with van der Waals surface area (Å²) in [5.41, 5.74) is 0.189. The average molecular weight is 943 g/mol. The van der Waals surface area contributed by atoms with Crippen LogP contribution in [0.4, 0.5) is 0 Å². The van der Waals surface area contributed by atoms with Gasteiger partial charge in [-0.2, -0.15) is 0 Å². The van der Waals surface area contributed by atoms with Gasteiger partial charge in [0.05, 0.1) is 31.5 Å². The topological polar surface area (TPSA) is 295 Å². The van der Waals surface area contributed by atoms with Crippen molar-refractivity contribution in [1.82, 2.24) is 0 Å². The van der Waals surface area contributed by atoms with Crippen LogP contribution in [0.15, 0.2) is 11.6 Å². The summed E-state index contributed by atoms with van der Waals surface area (Å²) in [5, 5.41) is 120. The molecule has 11 N–H and O–H groups in total. The fraction of sp³-hybridized carbons (Fsp3) is 0.938. The molecule has 5 aliphatic carbocycles. The molecular formula is C48H78O18. The Labute approximate surface area is 387 Å². The lowest BCUT2D eigenvalue weighted by molar-refractivity contribution is -0.379. The van der Waals surface area contributed by atoms with Crippen LogP contribution in [0.25, 0.3) is 0 Å². The molecule has 0 aromatic heterocycles. The first-order chi connectivity index (χ1) is 30.7. The van der Waals surface area contributed by atoms with Crippen molar-refractivity contribution in [3.63, 3.8) is 0 Å². The Morgan fingerprint density at radius 1 is 0.667 bits per heavy atom. The zero-order valence-electron chi connectivity index (χ0n) is 39.7. The number of aliphatic carboxylic acids is 1. The number of hydrogen-bond acceptors (Lipinski definition) is 17. The zero-order chi connectivity index (χ0) is 48.4. The van der Waals surface area contributed by atoms with Crippen LogP contribution in [0.2, 0.25) is 0 Å². The molecule has 0 bridgehead atoms. The van der Waals surface area contributed by atoms with Gasteiger partial charge in [-0.15, -0.1) is 0 Å². The van der Waals surface area contributed by atoms with Crippen molar-refractivity contribution in [2.45, 2.75) is 218 Å². The molecule has 3 heterocycles. The summed E-state index contributed by atoms with van der Waals surface area (Å²) in [6, 6.07) is 0. The lowest BCUT2D eigenvalue weighted by Crippen LogP contribution is -2.68. The second-order valence-electron chi connectivity index (χ2n) is 23.6. The van der Waals surface area contributed by atoms with Crippen LogP contribution in [-0.4, -0.2) is 180 Å². The zero-order valence-corrected chi connectivity index (χ0v) is 39.7. The highest BCUT2D eigenvalue weighted by atomic mass is 16.8. The number of carboxylic acids is 1. The average Bonchev–Trinajstić information content (AvgIpc) is 3.25. The largest absolute Gasteiger partial charge is 0.479 e. The maximum absolute atomic E-state index is 12.8. The summed E-state index contributed by atoms with van der Waals surface area (Å²) >= 11 is 0. The molecule has 378 valence electrons. The molecule has 18 nitrogen and oxygen atoms in total. The molecule has 7 fully saturated rings. The summed E-state index contributed by atoms with van der Waals surface area (Å²) in [7, 11) is 0. The number of allylic oxidation sites excluding steroid dienone is 2. The van der Waals surface area contributed by atoms with Gasteiger partial charge >= 0.3 is 5.97 Å². The van der Waals surface area contributed by atoms with E-state index in [1.807, 2.05) is 6.92 Å². The predicted octanol–water partition coefficient (Wildman–Crippen LogP) is 0.705. The molecule has 8 aliphatic rings. The Morgan fingerprint density at radius 2 is 1.27 bits per heavy atom. The molecule has 25 atom stereocenters. The number of ether oxygens (including phenoxy) is 6. The van der Waals surface area contributed by atoms with Crippen molar-refractivity contribution in [2.75, 3.05) is 13.2 Å². The highest BCUT2D eigenvalue weighted by Crippen LogP contribution is 2.76. The highest BCUT2D eigenvalue weighted by Gasteiger charge is 2.70. The SMILES string of the molecule is CC1OC(OC2C(CO)OC(OC3C(C(=O)O)OC(OC4CCC5(C)C(CCC6(C)C5CC=C5C7CC(C)(C)CC(O)C7(C)CCC56C)C4(C)CO)C(O)C3O)C(O)C2O)C(O)C(O)C1O. The third-order valence-corrected chi connectivity index (χ3v) is 19.5. The molecule has 0 aromatic carbocycles. The Balaban J connectivity index is 0.968. The van der Waals surface area contributed by atoms with E-state index >= 15 is 0 Å². The first kappa shape index (κ1) is 50.9. The van der Waals surface area contributed by atoms with Crippen LogP contribution >= 0.6 is 0 Å². The summed E-state index contributed by atoms with van der Waals surface area (Å²) in [6.07, 6.45) is -16.9. The number of hydrogen-bond donors (Lipinski definition) is 11. The molecule has 0 aromatic rings. The van der Waals surface area contributed by atoms with Crippen LogP contribution in [-0.2, 0) is 33.2 Å². The van der Waals surface area contributed by atoms with Crippen LogP contribution in [0.3, 0.4) is 0 Å². The van der Waals surface area contributed by atoms with E-state index < -0.39 is 116 Å². The van der Waals surface area contributed by atoms with Gasteiger partial charge in [-0.25, -0.2) is 4.79 Å². The first-order valence-electron chi connectivity index (χ1n) is 24.3. The number of aliphatic hydroxyl groups excluding tert-OH is 10. The van der Waals surface area contributed by atoms with E-state index in [1.165, 1.54) is 12.5 Å². The van der Waals surface area contributed by atoms with E-state index in [-0.39, 0.29) is 51.6 Å². The van der Waals surface area contributed by atoms with Gasteiger partial charge in [0.25, 0.3) is 0 Å². The summed E-state index contributed by atoms with van der Waals surface area (Å²) in [5.74, 6) is -1.05. The van der Waals surface area contributed by atoms with Crippen LogP contribution in [0.1, 0.15) is 113 Å². The molecule has 25 unspecified atom stereocenters. The molecule has 18 heteroatoms. The van der Waals surface area contributed by atoms with Crippen LogP contribution < -0.4 is 0 Å². The summed E-state index contributed by atoms with van der Waals surface area (Å²) in [4.78, 5) is 12.8. The third kappa shape index (κ3) is 7.78. The number of rotatable bonds is 9. The van der Waals surface area contributed by atoms with Crippen molar-refractivity contribution in [3.05, 3.63) is 11.6 Å². The number of fused-ring (bicyclic) bond motifs is 7.